The van der Waals surface area contributed by atoms with E-state index < -0.39 is 10.8 Å². The summed E-state index contributed by atoms with van der Waals surface area (Å²) in [4.78, 5) is 8.93. The number of hydrogen-bond donors (Lipinski definition) is 1. The molecule has 2 N–H and O–H groups in total. The first kappa shape index (κ1) is 16.5. The molecule has 0 aliphatic carbocycles. The maximum absolute atomic E-state index is 12.2. The van der Waals surface area contributed by atoms with Crippen LogP contribution < -0.4 is 5.73 Å². The molecule has 21 heavy (non-hydrogen) atoms. The molecule has 0 saturated heterocycles. The van der Waals surface area contributed by atoms with Crippen molar-refractivity contribution in [1.82, 2.24) is 9.97 Å². The summed E-state index contributed by atoms with van der Waals surface area (Å²) in [7, 11) is -1.21. The van der Waals surface area contributed by atoms with Crippen molar-refractivity contribution < 1.29 is 4.21 Å². The molecule has 112 valence electrons. The van der Waals surface area contributed by atoms with Crippen LogP contribution in [0.4, 0.5) is 5.82 Å². The van der Waals surface area contributed by atoms with E-state index in [-0.39, 0.29) is 0 Å². The summed E-state index contributed by atoms with van der Waals surface area (Å²) >= 11 is 13.3. The highest BCUT2D eigenvalue weighted by Crippen LogP contribution is 2.24. The minimum atomic E-state index is -1.21. The number of halogens is 2. The summed E-state index contributed by atoms with van der Waals surface area (Å²) in [5, 5.41) is 1.56. The van der Waals surface area contributed by atoms with Crippen LogP contribution in [-0.2, 0) is 10.8 Å². The molecule has 1 atom stereocenters. The average Bonchev–Trinajstić information content (AvgIpc) is 2.40. The van der Waals surface area contributed by atoms with Gasteiger partial charge in [-0.3, -0.25) is 4.21 Å². The second kappa shape index (κ2) is 7.45. The van der Waals surface area contributed by atoms with Crippen LogP contribution in [-0.4, -0.2) is 25.7 Å². The Morgan fingerprint density at radius 2 is 2.05 bits per heavy atom. The Hall–Kier alpha value is -0.820. The molecule has 0 aliphatic rings. The van der Waals surface area contributed by atoms with Gasteiger partial charge in [-0.25, -0.2) is 9.97 Å². The molecule has 0 spiro atoms. The van der Waals surface area contributed by atoms with Crippen molar-refractivity contribution in [2.75, 3.05) is 17.2 Å². The van der Waals surface area contributed by atoms with Gasteiger partial charge in [0.05, 0.1) is 20.7 Å². The van der Waals surface area contributed by atoms with E-state index in [0.29, 0.717) is 37.4 Å². The largest absolute Gasteiger partial charge is 0.384 e. The van der Waals surface area contributed by atoms with Crippen molar-refractivity contribution in [3.63, 3.8) is 0 Å². The molecule has 0 unspecified atom stereocenters. The average molecular weight is 362 g/mol. The molecule has 0 aliphatic heterocycles. The highest BCUT2D eigenvalue weighted by Gasteiger charge is 2.10. The molecule has 1 aromatic heterocycles. The van der Waals surface area contributed by atoms with Crippen LogP contribution in [0.25, 0.3) is 0 Å². The van der Waals surface area contributed by atoms with Gasteiger partial charge in [-0.15, -0.1) is 0 Å². The standard InChI is InChI=1S/C13H13Cl2N3OS2/c1-8-6-12(16)18-13(17-8)20-4-5-21(19)11-7-9(14)2-3-10(11)15/h2-3,6-7H,4-5H2,1H3,(H2,16,17,18)/t21-/m1/s1. The zero-order valence-electron chi connectivity index (χ0n) is 11.2. The molecule has 1 aromatic carbocycles. The first-order valence-electron chi connectivity index (χ1n) is 6.03. The monoisotopic (exact) mass is 361 g/mol. The Balaban J connectivity index is 1.96. The second-order valence-electron chi connectivity index (χ2n) is 4.19. The maximum atomic E-state index is 12.2. The smallest absolute Gasteiger partial charge is 0.189 e. The third-order valence-electron chi connectivity index (χ3n) is 2.49. The van der Waals surface area contributed by atoms with Crippen molar-refractivity contribution in [2.24, 2.45) is 0 Å². The van der Waals surface area contributed by atoms with Crippen LogP contribution in [0.3, 0.4) is 0 Å². The quantitative estimate of drug-likeness (QED) is 0.650. The summed E-state index contributed by atoms with van der Waals surface area (Å²) in [6, 6.07) is 6.65. The van der Waals surface area contributed by atoms with Crippen molar-refractivity contribution in [3.8, 4) is 0 Å². The van der Waals surface area contributed by atoms with Crippen molar-refractivity contribution >= 4 is 51.6 Å². The zero-order chi connectivity index (χ0) is 15.4. The van der Waals surface area contributed by atoms with Gasteiger partial charge in [-0.1, -0.05) is 35.0 Å². The Bertz CT molecular complexity index is 662. The minimum Gasteiger partial charge on any atom is -0.384 e. The number of rotatable bonds is 5. The number of nitrogen functional groups attached to an aromatic ring is 1. The Morgan fingerprint density at radius 3 is 2.76 bits per heavy atom. The number of nitrogens with zero attached hydrogens (tertiary/aromatic N) is 2. The molecular weight excluding hydrogens is 349 g/mol. The molecule has 2 rings (SSSR count). The number of anilines is 1. The lowest BCUT2D eigenvalue weighted by molar-refractivity contribution is 0.684. The highest BCUT2D eigenvalue weighted by molar-refractivity contribution is 8.00. The normalized spacial score (nSPS) is 12.3. The lowest BCUT2D eigenvalue weighted by Gasteiger charge is -2.05. The van der Waals surface area contributed by atoms with Crippen LogP contribution in [0.2, 0.25) is 10.0 Å². The predicted octanol–water partition coefficient (Wildman–Crippen LogP) is 3.57. The van der Waals surface area contributed by atoms with E-state index in [1.807, 2.05) is 6.92 Å². The fourth-order valence-electron chi connectivity index (χ4n) is 1.60. The van der Waals surface area contributed by atoms with E-state index in [1.165, 1.54) is 11.8 Å². The fraction of sp³-hybridized carbons (Fsp3) is 0.231. The summed E-state index contributed by atoms with van der Waals surface area (Å²) in [6.07, 6.45) is 0. The summed E-state index contributed by atoms with van der Waals surface area (Å²) in [5.41, 5.74) is 6.47. The highest BCUT2D eigenvalue weighted by atomic mass is 35.5. The predicted molar refractivity (Wildman–Crippen MR) is 89.6 cm³/mol. The van der Waals surface area contributed by atoms with Crippen LogP contribution in [0.1, 0.15) is 5.69 Å². The lowest BCUT2D eigenvalue weighted by atomic mass is 10.4. The van der Waals surface area contributed by atoms with E-state index >= 15 is 0 Å². The molecule has 0 radical (unpaired) electrons. The molecule has 1 heterocycles. The van der Waals surface area contributed by atoms with Gasteiger partial charge >= 0.3 is 0 Å². The van der Waals surface area contributed by atoms with Crippen molar-refractivity contribution in [1.29, 1.82) is 0 Å². The molecule has 4 nitrogen and oxygen atoms in total. The lowest BCUT2D eigenvalue weighted by Crippen LogP contribution is -2.03. The third-order valence-corrected chi connectivity index (χ3v) is 5.68. The molecular formula is C13H13Cl2N3OS2. The third kappa shape index (κ3) is 4.85. The van der Waals surface area contributed by atoms with E-state index in [9.17, 15) is 4.21 Å². The molecule has 0 saturated carbocycles. The fourth-order valence-corrected chi connectivity index (χ4v) is 4.48. The topological polar surface area (TPSA) is 68.9 Å². The van der Waals surface area contributed by atoms with Crippen LogP contribution in [0.15, 0.2) is 34.3 Å². The van der Waals surface area contributed by atoms with E-state index in [4.69, 9.17) is 28.9 Å². The maximum Gasteiger partial charge on any atom is 0.189 e. The Labute approximate surface area is 139 Å². The van der Waals surface area contributed by atoms with Gasteiger partial charge < -0.3 is 5.73 Å². The van der Waals surface area contributed by atoms with Crippen molar-refractivity contribution in [2.45, 2.75) is 17.0 Å². The number of benzene rings is 1. The number of hydrogen-bond acceptors (Lipinski definition) is 5. The second-order valence-corrected chi connectivity index (χ2v) is 7.63. The summed E-state index contributed by atoms with van der Waals surface area (Å²) < 4.78 is 12.2. The Morgan fingerprint density at radius 1 is 1.29 bits per heavy atom. The molecule has 0 amide bonds. The van der Waals surface area contributed by atoms with Gasteiger partial charge in [-0.2, -0.15) is 0 Å². The van der Waals surface area contributed by atoms with Crippen LogP contribution >= 0.6 is 35.0 Å². The first-order chi connectivity index (χ1) is 9.95. The van der Waals surface area contributed by atoms with Crippen LogP contribution in [0.5, 0.6) is 0 Å². The number of nitrogens with two attached hydrogens (primary N) is 1. The van der Waals surface area contributed by atoms with Crippen molar-refractivity contribution in [3.05, 3.63) is 40.0 Å². The van der Waals surface area contributed by atoms with Gasteiger partial charge in [0.1, 0.15) is 5.82 Å². The Kier molecular flexibility index (Phi) is 5.87. The molecule has 0 fully saturated rings. The van der Waals surface area contributed by atoms with Gasteiger partial charge in [0.2, 0.25) is 0 Å². The zero-order valence-corrected chi connectivity index (χ0v) is 14.3. The molecule has 0 bridgehead atoms. The van der Waals surface area contributed by atoms with Gasteiger partial charge in [0.25, 0.3) is 0 Å². The van der Waals surface area contributed by atoms with Gasteiger partial charge in [-0.05, 0) is 25.1 Å². The summed E-state index contributed by atoms with van der Waals surface area (Å²) in [5.74, 6) is 1.46. The first-order valence-corrected chi connectivity index (χ1v) is 9.09. The number of thioether (sulfide) groups is 1. The summed E-state index contributed by atoms with van der Waals surface area (Å²) in [6.45, 7) is 1.85. The number of aromatic nitrogens is 2. The van der Waals surface area contributed by atoms with E-state index in [1.54, 1.807) is 24.3 Å². The van der Waals surface area contributed by atoms with Gasteiger partial charge in [0.15, 0.2) is 5.16 Å². The molecule has 8 heteroatoms. The minimum absolute atomic E-state index is 0.432. The number of aryl methyl sites for hydroxylation is 1. The van der Waals surface area contributed by atoms with Crippen LogP contribution in [0, 0.1) is 6.92 Å². The van der Waals surface area contributed by atoms with E-state index in [0.717, 1.165) is 5.69 Å². The van der Waals surface area contributed by atoms with E-state index in [2.05, 4.69) is 9.97 Å². The molecule has 2 aromatic rings. The SMILES string of the molecule is Cc1cc(N)nc(SCC[S@@](=O)c2cc(Cl)ccc2Cl)n1. The van der Waals surface area contributed by atoms with Gasteiger partial charge in [0, 0.05) is 28.3 Å².